The summed E-state index contributed by atoms with van der Waals surface area (Å²) >= 11 is 5.87. The van der Waals surface area contributed by atoms with Crippen LogP contribution in [0.2, 0.25) is 5.02 Å². The van der Waals surface area contributed by atoms with Crippen molar-refractivity contribution in [2.45, 2.75) is 23.8 Å². The van der Waals surface area contributed by atoms with Crippen LogP contribution < -0.4 is 10.0 Å². The molecule has 138 valence electrons. The fraction of sp³-hybridized carbons (Fsp3) is 0.278. The summed E-state index contributed by atoms with van der Waals surface area (Å²) in [6.45, 7) is 1.10. The summed E-state index contributed by atoms with van der Waals surface area (Å²) in [5.41, 5.74) is 0.452. The Labute approximate surface area is 157 Å². The normalized spacial score (nSPS) is 17.0. The van der Waals surface area contributed by atoms with Crippen LogP contribution in [-0.2, 0) is 14.8 Å². The van der Waals surface area contributed by atoms with Crippen molar-refractivity contribution in [1.29, 1.82) is 0 Å². The minimum atomic E-state index is -3.86. The largest absolute Gasteiger partial charge is 0.376 e. The van der Waals surface area contributed by atoms with Gasteiger partial charge in [0.25, 0.3) is 15.9 Å². The topological polar surface area (TPSA) is 84.5 Å². The van der Waals surface area contributed by atoms with Gasteiger partial charge >= 0.3 is 0 Å². The molecular formula is C18H19ClN2O4S. The minimum Gasteiger partial charge on any atom is -0.376 e. The Morgan fingerprint density at radius 1 is 1.19 bits per heavy atom. The molecule has 0 aliphatic carbocycles. The van der Waals surface area contributed by atoms with Gasteiger partial charge in [-0.05, 0) is 43.2 Å². The van der Waals surface area contributed by atoms with Crippen LogP contribution in [-0.4, -0.2) is 33.6 Å². The second-order valence-corrected chi connectivity index (χ2v) is 8.07. The highest BCUT2D eigenvalue weighted by atomic mass is 35.5. The number of nitrogens with one attached hydrogen (secondary N) is 2. The van der Waals surface area contributed by atoms with Crippen LogP contribution in [0.3, 0.4) is 0 Å². The van der Waals surface area contributed by atoms with E-state index in [-0.39, 0.29) is 28.2 Å². The molecule has 0 bridgehead atoms. The lowest BCUT2D eigenvalue weighted by Gasteiger charge is -2.14. The van der Waals surface area contributed by atoms with Crippen LogP contribution in [0.5, 0.6) is 0 Å². The first kappa shape index (κ1) is 18.7. The van der Waals surface area contributed by atoms with Gasteiger partial charge in [0.05, 0.1) is 22.3 Å². The van der Waals surface area contributed by atoms with E-state index in [9.17, 15) is 13.2 Å². The first-order chi connectivity index (χ1) is 12.5. The highest BCUT2D eigenvalue weighted by molar-refractivity contribution is 7.92. The van der Waals surface area contributed by atoms with Crippen molar-refractivity contribution >= 4 is 33.2 Å². The summed E-state index contributed by atoms with van der Waals surface area (Å²) < 4.78 is 33.1. The van der Waals surface area contributed by atoms with Crippen molar-refractivity contribution < 1.29 is 17.9 Å². The van der Waals surface area contributed by atoms with Gasteiger partial charge in [-0.15, -0.1) is 0 Å². The molecule has 1 heterocycles. The van der Waals surface area contributed by atoms with Crippen molar-refractivity contribution in [3.63, 3.8) is 0 Å². The molecule has 6 nitrogen and oxygen atoms in total. The third-order valence-electron chi connectivity index (χ3n) is 4.04. The lowest BCUT2D eigenvalue weighted by molar-refractivity contribution is 0.0858. The average Bonchev–Trinajstić information content (AvgIpc) is 3.13. The quantitative estimate of drug-likeness (QED) is 0.788. The van der Waals surface area contributed by atoms with Crippen LogP contribution in [0, 0.1) is 0 Å². The zero-order chi connectivity index (χ0) is 18.6. The Morgan fingerprint density at radius 2 is 2.00 bits per heavy atom. The van der Waals surface area contributed by atoms with Gasteiger partial charge in [-0.25, -0.2) is 8.42 Å². The van der Waals surface area contributed by atoms with Gasteiger partial charge in [0.1, 0.15) is 0 Å². The van der Waals surface area contributed by atoms with E-state index in [1.54, 1.807) is 36.4 Å². The molecule has 1 atom stereocenters. The van der Waals surface area contributed by atoms with E-state index in [0.717, 1.165) is 12.8 Å². The number of ether oxygens (including phenoxy) is 1. The minimum absolute atomic E-state index is 0.00858. The van der Waals surface area contributed by atoms with Gasteiger partial charge < -0.3 is 10.1 Å². The lowest BCUT2D eigenvalue weighted by atomic mass is 10.1. The molecule has 1 aliphatic rings. The molecule has 0 spiro atoms. The van der Waals surface area contributed by atoms with E-state index < -0.39 is 10.0 Å². The monoisotopic (exact) mass is 394 g/mol. The maximum Gasteiger partial charge on any atom is 0.261 e. The van der Waals surface area contributed by atoms with Crippen molar-refractivity contribution in [3.8, 4) is 0 Å². The first-order valence-corrected chi connectivity index (χ1v) is 10.1. The van der Waals surface area contributed by atoms with Crippen molar-refractivity contribution in [3.05, 3.63) is 59.1 Å². The number of benzene rings is 2. The van der Waals surface area contributed by atoms with E-state index in [1.165, 1.54) is 12.1 Å². The SMILES string of the molecule is O=C(NCC1CCCO1)c1ccccc1NS(=O)(=O)c1cccc(Cl)c1. The summed E-state index contributed by atoms with van der Waals surface area (Å²) in [7, 11) is -3.86. The van der Waals surface area contributed by atoms with Gasteiger partial charge in [0.15, 0.2) is 0 Å². The standard InChI is InChI=1S/C18H19ClN2O4S/c19-13-5-3-7-15(11-13)26(23,24)21-17-9-2-1-8-16(17)18(22)20-12-14-6-4-10-25-14/h1-3,5,7-9,11,14,21H,4,6,10,12H2,(H,20,22). The number of para-hydroxylation sites is 1. The van der Waals surface area contributed by atoms with Gasteiger partial charge in [-0.3, -0.25) is 9.52 Å². The zero-order valence-corrected chi connectivity index (χ0v) is 15.5. The number of hydrogen-bond donors (Lipinski definition) is 2. The molecule has 26 heavy (non-hydrogen) atoms. The third kappa shape index (κ3) is 4.55. The lowest BCUT2D eigenvalue weighted by Crippen LogP contribution is -2.32. The predicted octanol–water partition coefficient (Wildman–Crippen LogP) is 3.05. The molecule has 8 heteroatoms. The molecule has 0 saturated carbocycles. The Balaban J connectivity index is 1.77. The highest BCUT2D eigenvalue weighted by Gasteiger charge is 2.20. The van der Waals surface area contributed by atoms with Crippen molar-refractivity contribution in [1.82, 2.24) is 5.32 Å². The first-order valence-electron chi connectivity index (χ1n) is 8.23. The molecule has 2 aromatic rings. The Bertz CT molecular complexity index is 896. The summed E-state index contributed by atoms with van der Waals surface area (Å²) in [4.78, 5) is 12.5. The Kier molecular flexibility index (Phi) is 5.80. The van der Waals surface area contributed by atoms with Crippen LogP contribution in [0.15, 0.2) is 53.4 Å². The van der Waals surface area contributed by atoms with Gasteiger partial charge in [0.2, 0.25) is 0 Å². The summed E-state index contributed by atoms with van der Waals surface area (Å²) in [6, 6.07) is 12.4. The number of carbonyl (C=O) groups is 1. The van der Waals surface area contributed by atoms with E-state index in [4.69, 9.17) is 16.3 Å². The molecule has 2 aromatic carbocycles. The molecule has 1 aliphatic heterocycles. The van der Waals surface area contributed by atoms with Crippen molar-refractivity contribution in [2.24, 2.45) is 0 Å². The van der Waals surface area contributed by atoms with E-state index in [0.29, 0.717) is 18.2 Å². The summed E-state index contributed by atoms with van der Waals surface area (Å²) in [5.74, 6) is -0.357. The predicted molar refractivity (Wildman–Crippen MR) is 100 cm³/mol. The van der Waals surface area contributed by atoms with E-state index in [1.807, 2.05) is 0 Å². The Hall–Kier alpha value is -2.09. The average molecular weight is 395 g/mol. The van der Waals surface area contributed by atoms with Gasteiger partial charge in [-0.2, -0.15) is 0 Å². The number of rotatable bonds is 6. The molecule has 1 amide bonds. The van der Waals surface area contributed by atoms with E-state index in [2.05, 4.69) is 10.0 Å². The molecular weight excluding hydrogens is 376 g/mol. The molecule has 3 rings (SSSR count). The molecule has 1 unspecified atom stereocenters. The zero-order valence-electron chi connectivity index (χ0n) is 13.9. The highest BCUT2D eigenvalue weighted by Crippen LogP contribution is 2.22. The van der Waals surface area contributed by atoms with Crippen LogP contribution >= 0.6 is 11.6 Å². The molecule has 2 N–H and O–H groups in total. The maximum absolute atomic E-state index is 12.6. The fourth-order valence-corrected chi connectivity index (χ4v) is 4.10. The second-order valence-electron chi connectivity index (χ2n) is 5.95. The maximum atomic E-state index is 12.6. The van der Waals surface area contributed by atoms with Crippen LogP contribution in [0.1, 0.15) is 23.2 Å². The molecule has 1 saturated heterocycles. The van der Waals surface area contributed by atoms with Crippen molar-refractivity contribution in [2.75, 3.05) is 17.9 Å². The molecule has 0 aromatic heterocycles. The number of carbonyl (C=O) groups excluding carboxylic acids is 1. The van der Waals surface area contributed by atoms with Gasteiger partial charge in [0, 0.05) is 18.2 Å². The number of amides is 1. The number of hydrogen-bond acceptors (Lipinski definition) is 4. The summed E-state index contributed by atoms with van der Waals surface area (Å²) in [5, 5.41) is 3.11. The molecule has 0 radical (unpaired) electrons. The van der Waals surface area contributed by atoms with Crippen LogP contribution in [0.25, 0.3) is 0 Å². The Morgan fingerprint density at radius 3 is 2.73 bits per heavy atom. The number of anilines is 1. The third-order valence-corrected chi connectivity index (χ3v) is 5.63. The summed E-state index contributed by atoms with van der Waals surface area (Å²) in [6.07, 6.45) is 1.90. The molecule has 1 fully saturated rings. The number of sulfonamides is 1. The second kappa shape index (κ2) is 8.07. The van der Waals surface area contributed by atoms with Gasteiger partial charge in [-0.1, -0.05) is 29.8 Å². The smallest absolute Gasteiger partial charge is 0.261 e. The fourth-order valence-electron chi connectivity index (χ4n) is 2.72. The number of halogens is 1. The van der Waals surface area contributed by atoms with Crippen LogP contribution in [0.4, 0.5) is 5.69 Å². The van der Waals surface area contributed by atoms with E-state index >= 15 is 0 Å².